The SMILES string of the molecule is COc1cccc2cc(C(=O)N3CCC4(CCN(C(=O)Nc5cc(C)c(C)cc5C)C4)CC3)oc12. The molecule has 3 heterocycles. The minimum Gasteiger partial charge on any atom is -0.493 e. The number of methoxy groups -OCH3 is 1. The van der Waals surface area contributed by atoms with Crippen molar-refractivity contribution < 1.29 is 18.7 Å². The maximum Gasteiger partial charge on any atom is 0.321 e. The lowest BCUT2D eigenvalue weighted by Gasteiger charge is -2.38. The van der Waals surface area contributed by atoms with Crippen LogP contribution in [0.1, 0.15) is 46.5 Å². The van der Waals surface area contributed by atoms with Crippen LogP contribution in [0, 0.1) is 26.2 Å². The topological polar surface area (TPSA) is 75.0 Å². The van der Waals surface area contributed by atoms with Crippen LogP contribution < -0.4 is 10.1 Å². The lowest BCUT2D eigenvalue weighted by molar-refractivity contribution is 0.0567. The molecule has 0 aliphatic carbocycles. The summed E-state index contributed by atoms with van der Waals surface area (Å²) in [5.74, 6) is 0.881. The Morgan fingerprint density at radius 1 is 0.943 bits per heavy atom. The average molecular weight is 476 g/mol. The third-order valence-electron chi connectivity index (χ3n) is 7.86. The molecule has 1 spiro atoms. The molecule has 2 fully saturated rings. The fraction of sp³-hybridized carbons (Fsp3) is 0.429. The number of amides is 3. The fourth-order valence-electron chi connectivity index (χ4n) is 5.45. The highest BCUT2D eigenvalue weighted by Crippen LogP contribution is 2.41. The van der Waals surface area contributed by atoms with Gasteiger partial charge in [-0.2, -0.15) is 0 Å². The number of urea groups is 1. The number of hydrogen-bond donors (Lipinski definition) is 1. The molecule has 0 saturated carbocycles. The molecular formula is C28H33N3O4. The van der Waals surface area contributed by atoms with Gasteiger partial charge in [-0.05, 0) is 80.3 Å². The summed E-state index contributed by atoms with van der Waals surface area (Å²) in [4.78, 5) is 30.0. The van der Waals surface area contributed by atoms with Gasteiger partial charge in [-0.3, -0.25) is 4.79 Å². The molecule has 3 amide bonds. The minimum atomic E-state index is -0.0871. The van der Waals surface area contributed by atoms with E-state index in [-0.39, 0.29) is 17.4 Å². The number of para-hydroxylation sites is 1. The highest BCUT2D eigenvalue weighted by atomic mass is 16.5. The van der Waals surface area contributed by atoms with Crippen molar-refractivity contribution in [1.82, 2.24) is 9.80 Å². The molecule has 7 heteroatoms. The number of benzene rings is 2. The van der Waals surface area contributed by atoms with Crippen LogP contribution in [-0.2, 0) is 0 Å². The van der Waals surface area contributed by atoms with Crippen LogP contribution in [0.2, 0.25) is 0 Å². The summed E-state index contributed by atoms with van der Waals surface area (Å²) in [5, 5.41) is 3.97. The summed E-state index contributed by atoms with van der Waals surface area (Å²) < 4.78 is 11.2. The van der Waals surface area contributed by atoms with Gasteiger partial charge in [0.15, 0.2) is 17.1 Å². The first-order valence-electron chi connectivity index (χ1n) is 12.3. The quantitative estimate of drug-likeness (QED) is 0.541. The Hall–Kier alpha value is -3.48. The van der Waals surface area contributed by atoms with Gasteiger partial charge in [0.2, 0.25) is 0 Å². The molecule has 1 N–H and O–H groups in total. The number of ether oxygens (including phenoxy) is 1. The predicted octanol–water partition coefficient (Wildman–Crippen LogP) is 5.53. The van der Waals surface area contributed by atoms with Crippen LogP contribution in [0.15, 0.2) is 40.8 Å². The van der Waals surface area contributed by atoms with Gasteiger partial charge in [0, 0.05) is 37.3 Å². The molecule has 0 atom stereocenters. The molecule has 0 bridgehead atoms. The Morgan fingerprint density at radius 3 is 2.34 bits per heavy atom. The van der Waals surface area contributed by atoms with E-state index in [1.54, 1.807) is 13.2 Å². The summed E-state index contributed by atoms with van der Waals surface area (Å²) >= 11 is 0. The third kappa shape index (κ3) is 4.35. The van der Waals surface area contributed by atoms with E-state index in [9.17, 15) is 9.59 Å². The first kappa shape index (κ1) is 23.3. The number of carbonyl (C=O) groups excluding carboxylic acids is 2. The molecule has 5 rings (SSSR count). The van der Waals surface area contributed by atoms with Gasteiger partial charge in [0.05, 0.1) is 7.11 Å². The largest absolute Gasteiger partial charge is 0.493 e. The number of carbonyl (C=O) groups is 2. The molecule has 3 aromatic rings. The standard InChI is InChI=1S/C28H33N3O4/c1-18-14-20(3)22(15-19(18)2)29-27(33)31-13-10-28(17-31)8-11-30(12-9-28)26(32)24-16-21-6-5-7-23(34-4)25(21)35-24/h5-7,14-16H,8-13,17H2,1-4H3,(H,29,33). The summed E-state index contributed by atoms with van der Waals surface area (Å²) in [6.07, 6.45) is 2.74. The zero-order valence-electron chi connectivity index (χ0n) is 20.9. The van der Waals surface area contributed by atoms with Crippen LogP contribution in [0.3, 0.4) is 0 Å². The molecule has 2 saturated heterocycles. The number of fused-ring (bicyclic) bond motifs is 1. The first-order chi connectivity index (χ1) is 16.8. The number of aryl methyl sites for hydroxylation is 3. The van der Waals surface area contributed by atoms with E-state index in [2.05, 4.69) is 25.2 Å². The first-order valence-corrected chi connectivity index (χ1v) is 12.3. The Balaban J connectivity index is 1.21. The second-order valence-corrected chi connectivity index (χ2v) is 10.1. The van der Waals surface area contributed by atoms with Crippen LogP contribution in [0.25, 0.3) is 11.0 Å². The maximum absolute atomic E-state index is 13.1. The molecule has 2 aromatic carbocycles. The van der Waals surface area contributed by atoms with Crippen LogP contribution >= 0.6 is 0 Å². The predicted molar refractivity (Wildman–Crippen MR) is 136 cm³/mol. The van der Waals surface area contributed by atoms with E-state index >= 15 is 0 Å². The van der Waals surface area contributed by atoms with Crippen molar-refractivity contribution in [1.29, 1.82) is 0 Å². The van der Waals surface area contributed by atoms with E-state index in [0.717, 1.165) is 49.0 Å². The number of nitrogens with zero attached hydrogens (tertiary/aromatic N) is 2. The van der Waals surface area contributed by atoms with Gasteiger partial charge < -0.3 is 24.3 Å². The molecule has 1 aromatic heterocycles. The van der Waals surface area contributed by atoms with Crippen molar-refractivity contribution in [2.75, 3.05) is 38.6 Å². The zero-order valence-corrected chi connectivity index (χ0v) is 20.9. The van der Waals surface area contributed by atoms with Crippen LogP contribution in [0.4, 0.5) is 10.5 Å². The number of rotatable bonds is 3. The van der Waals surface area contributed by atoms with E-state index in [1.807, 2.05) is 41.0 Å². The lowest BCUT2D eigenvalue weighted by atomic mass is 9.78. The second kappa shape index (κ2) is 8.95. The van der Waals surface area contributed by atoms with E-state index < -0.39 is 0 Å². The van der Waals surface area contributed by atoms with Gasteiger partial charge in [0.1, 0.15) is 0 Å². The Kier molecular flexibility index (Phi) is 5.95. The fourth-order valence-corrected chi connectivity index (χ4v) is 5.45. The van der Waals surface area contributed by atoms with Gasteiger partial charge in [-0.25, -0.2) is 4.79 Å². The van der Waals surface area contributed by atoms with Crippen molar-refractivity contribution >= 4 is 28.6 Å². The van der Waals surface area contributed by atoms with E-state index in [4.69, 9.17) is 9.15 Å². The number of anilines is 1. The van der Waals surface area contributed by atoms with Gasteiger partial charge in [0.25, 0.3) is 5.91 Å². The number of likely N-dealkylation sites (tertiary alicyclic amines) is 2. The maximum atomic E-state index is 13.1. The molecule has 0 unspecified atom stereocenters. The second-order valence-electron chi connectivity index (χ2n) is 10.1. The molecule has 2 aliphatic heterocycles. The van der Waals surface area contributed by atoms with Gasteiger partial charge in [-0.1, -0.05) is 18.2 Å². The third-order valence-corrected chi connectivity index (χ3v) is 7.86. The summed E-state index contributed by atoms with van der Waals surface area (Å²) in [7, 11) is 1.59. The molecule has 35 heavy (non-hydrogen) atoms. The van der Waals surface area contributed by atoms with Crippen molar-refractivity contribution in [2.45, 2.75) is 40.0 Å². The molecule has 7 nitrogen and oxygen atoms in total. The van der Waals surface area contributed by atoms with Gasteiger partial charge >= 0.3 is 6.03 Å². The van der Waals surface area contributed by atoms with Crippen molar-refractivity contribution in [3.63, 3.8) is 0 Å². The Labute approximate surface area is 206 Å². The highest BCUT2D eigenvalue weighted by Gasteiger charge is 2.43. The normalized spacial score (nSPS) is 17.3. The smallest absolute Gasteiger partial charge is 0.321 e. The zero-order chi connectivity index (χ0) is 24.7. The monoisotopic (exact) mass is 475 g/mol. The lowest BCUT2D eigenvalue weighted by Crippen LogP contribution is -2.45. The summed E-state index contributed by atoms with van der Waals surface area (Å²) in [5.41, 5.74) is 5.02. The molecule has 0 radical (unpaired) electrons. The number of piperidine rings is 1. The highest BCUT2D eigenvalue weighted by molar-refractivity contribution is 5.97. The Morgan fingerprint density at radius 2 is 1.63 bits per heavy atom. The number of nitrogens with one attached hydrogen (secondary N) is 1. The van der Waals surface area contributed by atoms with Crippen molar-refractivity contribution in [3.8, 4) is 5.75 Å². The molecule has 2 aliphatic rings. The van der Waals surface area contributed by atoms with E-state index in [0.29, 0.717) is 30.2 Å². The summed E-state index contributed by atoms with van der Waals surface area (Å²) in [6, 6.07) is 11.5. The van der Waals surface area contributed by atoms with Gasteiger partial charge in [-0.15, -0.1) is 0 Å². The number of hydrogen-bond acceptors (Lipinski definition) is 4. The van der Waals surface area contributed by atoms with Crippen molar-refractivity contribution in [3.05, 3.63) is 58.8 Å². The van der Waals surface area contributed by atoms with Crippen molar-refractivity contribution in [2.24, 2.45) is 5.41 Å². The number of furan rings is 1. The molecular weight excluding hydrogens is 442 g/mol. The minimum absolute atomic E-state index is 0.0389. The molecule has 184 valence electrons. The average Bonchev–Trinajstić information content (AvgIpc) is 3.47. The summed E-state index contributed by atoms with van der Waals surface area (Å²) in [6.45, 7) is 8.97. The Bertz CT molecular complexity index is 1290. The van der Waals surface area contributed by atoms with E-state index in [1.165, 1.54) is 11.1 Å². The van der Waals surface area contributed by atoms with Crippen LogP contribution in [0.5, 0.6) is 5.75 Å². The van der Waals surface area contributed by atoms with Crippen LogP contribution in [-0.4, -0.2) is 55.0 Å².